The second kappa shape index (κ2) is 9.64. The SMILES string of the molecule is CCCCC1(Oc2ccc(OC(=O)C(I)CC)cc2)CCCCC1. The van der Waals surface area contributed by atoms with Crippen molar-refractivity contribution in [1.29, 1.82) is 0 Å². The minimum atomic E-state index is -0.182. The van der Waals surface area contributed by atoms with E-state index in [9.17, 15) is 4.79 Å². The number of halogens is 1. The van der Waals surface area contributed by atoms with Gasteiger partial charge in [0.05, 0.1) is 0 Å². The molecule has 0 heterocycles. The summed E-state index contributed by atoms with van der Waals surface area (Å²) in [6.07, 6.45) is 10.5. The number of alkyl halides is 1. The highest BCUT2D eigenvalue weighted by Gasteiger charge is 2.33. The van der Waals surface area contributed by atoms with Gasteiger partial charge in [0, 0.05) is 0 Å². The number of rotatable bonds is 8. The molecule has 1 saturated carbocycles. The van der Waals surface area contributed by atoms with E-state index in [0.717, 1.165) is 31.4 Å². The summed E-state index contributed by atoms with van der Waals surface area (Å²) in [5.74, 6) is 1.29. The van der Waals surface area contributed by atoms with Crippen LogP contribution in [0.3, 0.4) is 0 Å². The molecule has 1 aromatic rings. The van der Waals surface area contributed by atoms with Crippen LogP contribution >= 0.6 is 22.6 Å². The lowest BCUT2D eigenvalue weighted by Crippen LogP contribution is -2.38. The van der Waals surface area contributed by atoms with E-state index >= 15 is 0 Å². The van der Waals surface area contributed by atoms with Gasteiger partial charge in [-0.15, -0.1) is 0 Å². The molecule has 0 bridgehead atoms. The second-order valence-corrected chi connectivity index (χ2v) is 8.22. The predicted molar refractivity (Wildman–Crippen MR) is 106 cm³/mol. The van der Waals surface area contributed by atoms with Crippen molar-refractivity contribution in [1.82, 2.24) is 0 Å². The molecule has 134 valence electrons. The van der Waals surface area contributed by atoms with Gasteiger partial charge in [-0.25, -0.2) is 0 Å². The Labute approximate surface area is 159 Å². The highest BCUT2D eigenvalue weighted by atomic mass is 127. The molecule has 1 aliphatic carbocycles. The van der Waals surface area contributed by atoms with Crippen LogP contribution in [0.25, 0.3) is 0 Å². The molecular formula is C20H29IO3. The molecule has 1 fully saturated rings. The predicted octanol–water partition coefficient (Wildman–Crippen LogP) is 6.08. The van der Waals surface area contributed by atoms with Crippen molar-refractivity contribution in [3.63, 3.8) is 0 Å². The summed E-state index contributed by atoms with van der Waals surface area (Å²) in [6.45, 7) is 4.21. The van der Waals surface area contributed by atoms with Crippen molar-refractivity contribution in [2.45, 2.75) is 81.2 Å². The van der Waals surface area contributed by atoms with Gasteiger partial charge >= 0.3 is 5.97 Å². The van der Waals surface area contributed by atoms with Crippen LogP contribution in [0.5, 0.6) is 11.5 Å². The van der Waals surface area contributed by atoms with E-state index in [2.05, 4.69) is 29.5 Å². The van der Waals surface area contributed by atoms with Gasteiger partial charge in [0.25, 0.3) is 0 Å². The monoisotopic (exact) mass is 444 g/mol. The Morgan fingerprint density at radius 3 is 2.33 bits per heavy atom. The fraction of sp³-hybridized carbons (Fsp3) is 0.650. The molecule has 3 nitrogen and oxygen atoms in total. The summed E-state index contributed by atoms with van der Waals surface area (Å²) in [5, 5.41) is 0. The molecule has 0 saturated heterocycles. The zero-order valence-electron chi connectivity index (χ0n) is 14.9. The van der Waals surface area contributed by atoms with Gasteiger partial charge in [0.1, 0.15) is 21.0 Å². The fourth-order valence-electron chi connectivity index (χ4n) is 3.27. The molecule has 0 aliphatic heterocycles. The summed E-state index contributed by atoms with van der Waals surface area (Å²) >= 11 is 2.12. The van der Waals surface area contributed by atoms with Crippen LogP contribution in [0.1, 0.15) is 71.6 Å². The lowest BCUT2D eigenvalue weighted by Gasteiger charge is -2.38. The first-order valence-electron chi connectivity index (χ1n) is 9.23. The van der Waals surface area contributed by atoms with Crippen LogP contribution in [0.2, 0.25) is 0 Å². The normalized spacial score (nSPS) is 18.0. The Balaban J connectivity index is 1.99. The van der Waals surface area contributed by atoms with Gasteiger partial charge in [0.15, 0.2) is 0 Å². The molecule has 2 rings (SSSR count). The lowest BCUT2D eigenvalue weighted by atomic mass is 9.81. The molecule has 1 atom stereocenters. The average molecular weight is 444 g/mol. The molecule has 0 amide bonds. The van der Waals surface area contributed by atoms with Crippen molar-refractivity contribution in [2.75, 3.05) is 0 Å². The van der Waals surface area contributed by atoms with Gasteiger partial charge in [0.2, 0.25) is 0 Å². The van der Waals surface area contributed by atoms with Crippen molar-refractivity contribution in [3.05, 3.63) is 24.3 Å². The number of hydrogen-bond donors (Lipinski definition) is 0. The zero-order chi connectivity index (χ0) is 17.4. The van der Waals surface area contributed by atoms with Crippen molar-refractivity contribution >= 4 is 28.6 Å². The van der Waals surface area contributed by atoms with Gasteiger partial charge in [-0.05, 0) is 69.2 Å². The Morgan fingerprint density at radius 1 is 1.12 bits per heavy atom. The van der Waals surface area contributed by atoms with Crippen molar-refractivity contribution < 1.29 is 14.3 Å². The highest BCUT2D eigenvalue weighted by molar-refractivity contribution is 14.1. The standard InChI is InChI=1S/C20H29IO3/c1-3-5-13-20(14-7-6-8-15-20)24-17-11-9-16(10-12-17)23-19(22)18(21)4-2/h9-12,18H,3-8,13-15H2,1-2H3. The Morgan fingerprint density at radius 2 is 1.75 bits per heavy atom. The van der Waals surface area contributed by atoms with Gasteiger partial charge < -0.3 is 9.47 Å². The Kier molecular flexibility index (Phi) is 7.85. The van der Waals surface area contributed by atoms with E-state index in [4.69, 9.17) is 9.47 Å². The van der Waals surface area contributed by atoms with E-state index in [1.807, 2.05) is 31.2 Å². The van der Waals surface area contributed by atoms with E-state index in [1.54, 1.807) is 0 Å². The van der Waals surface area contributed by atoms with E-state index < -0.39 is 0 Å². The first-order valence-corrected chi connectivity index (χ1v) is 10.5. The van der Waals surface area contributed by atoms with Crippen LogP contribution in [-0.2, 0) is 4.79 Å². The number of benzene rings is 1. The fourth-order valence-corrected chi connectivity index (χ4v) is 3.40. The zero-order valence-corrected chi connectivity index (χ0v) is 17.0. The van der Waals surface area contributed by atoms with Crippen molar-refractivity contribution in [3.8, 4) is 11.5 Å². The van der Waals surface area contributed by atoms with Crippen LogP contribution in [0.4, 0.5) is 0 Å². The molecule has 24 heavy (non-hydrogen) atoms. The molecule has 0 N–H and O–H groups in total. The topological polar surface area (TPSA) is 35.5 Å². The molecule has 0 spiro atoms. The summed E-state index contributed by atoms with van der Waals surface area (Å²) in [6, 6.07) is 7.53. The number of unbranched alkanes of at least 4 members (excludes halogenated alkanes) is 1. The first kappa shape index (κ1) is 19.5. The minimum absolute atomic E-state index is 0.00195. The maximum absolute atomic E-state index is 11.9. The largest absolute Gasteiger partial charge is 0.487 e. The number of carbonyl (C=O) groups excluding carboxylic acids is 1. The third-order valence-corrected chi connectivity index (χ3v) is 6.13. The Hall–Kier alpha value is -0.780. The molecule has 0 aromatic heterocycles. The summed E-state index contributed by atoms with van der Waals surface area (Å²) in [5.41, 5.74) is 0.00195. The van der Waals surface area contributed by atoms with E-state index in [1.165, 1.54) is 32.1 Å². The maximum atomic E-state index is 11.9. The highest BCUT2D eigenvalue weighted by Crippen LogP contribution is 2.37. The third-order valence-electron chi connectivity index (χ3n) is 4.74. The molecule has 1 aliphatic rings. The summed E-state index contributed by atoms with van der Waals surface area (Å²) in [4.78, 5) is 11.9. The Bertz CT molecular complexity index is 506. The number of carbonyl (C=O) groups is 1. The van der Waals surface area contributed by atoms with Crippen LogP contribution in [-0.4, -0.2) is 15.5 Å². The smallest absolute Gasteiger partial charge is 0.324 e. The van der Waals surface area contributed by atoms with Gasteiger partial charge in [-0.3, -0.25) is 4.79 Å². The van der Waals surface area contributed by atoms with Gasteiger partial charge in [-0.2, -0.15) is 0 Å². The first-order chi connectivity index (χ1) is 11.6. The van der Waals surface area contributed by atoms with E-state index in [-0.39, 0.29) is 15.5 Å². The average Bonchev–Trinajstić information content (AvgIpc) is 2.61. The number of hydrogen-bond acceptors (Lipinski definition) is 3. The van der Waals surface area contributed by atoms with Crippen molar-refractivity contribution in [2.24, 2.45) is 0 Å². The quantitative estimate of drug-likeness (QED) is 0.211. The summed E-state index contributed by atoms with van der Waals surface area (Å²) < 4.78 is 11.7. The minimum Gasteiger partial charge on any atom is -0.487 e. The summed E-state index contributed by atoms with van der Waals surface area (Å²) in [7, 11) is 0. The second-order valence-electron chi connectivity index (χ2n) is 6.72. The number of ether oxygens (including phenoxy) is 2. The number of esters is 1. The molecule has 4 heteroatoms. The van der Waals surface area contributed by atoms with Gasteiger partial charge in [-0.1, -0.05) is 49.3 Å². The van der Waals surface area contributed by atoms with Crippen LogP contribution in [0.15, 0.2) is 24.3 Å². The molecule has 1 aromatic carbocycles. The molecule has 1 unspecified atom stereocenters. The molecule has 0 radical (unpaired) electrons. The third kappa shape index (κ3) is 5.64. The lowest BCUT2D eigenvalue weighted by molar-refractivity contribution is -0.133. The van der Waals surface area contributed by atoms with Crippen LogP contribution in [0, 0.1) is 0 Å². The van der Waals surface area contributed by atoms with E-state index in [0.29, 0.717) is 5.75 Å². The maximum Gasteiger partial charge on any atom is 0.324 e. The molecular weight excluding hydrogens is 415 g/mol. The van der Waals surface area contributed by atoms with Crippen LogP contribution < -0.4 is 9.47 Å².